The van der Waals surface area contributed by atoms with Gasteiger partial charge in [-0.25, -0.2) is 9.18 Å². The molecule has 1 fully saturated rings. The first-order chi connectivity index (χ1) is 7.58. The summed E-state index contributed by atoms with van der Waals surface area (Å²) in [6.45, 7) is 0.170. The van der Waals surface area contributed by atoms with E-state index in [1.54, 1.807) is 0 Å². The number of amides is 3. The topological polar surface area (TPSA) is 49.4 Å². The number of halogens is 2. The molecule has 0 atom stereocenters. The lowest BCUT2D eigenvalue weighted by molar-refractivity contribution is -0.120. The third-order valence-electron chi connectivity index (χ3n) is 2.25. The van der Waals surface area contributed by atoms with Gasteiger partial charge in [0.1, 0.15) is 5.82 Å². The van der Waals surface area contributed by atoms with Gasteiger partial charge in [0.25, 0.3) is 0 Å². The van der Waals surface area contributed by atoms with Crippen molar-refractivity contribution in [2.45, 2.75) is 6.42 Å². The van der Waals surface area contributed by atoms with E-state index in [4.69, 9.17) is 11.6 Å². The molecule has 1 saturated heterocycles. The summed E-state index contributed by atoms with van der Waals surface area (Å²) in [5.74, 6) is -0.937. The van der Waals surface area contributed by atoms with E-state index in [1.165, 1.54) is 17.0 Å². The van der Waals surface area contributed by atoms with Crippen LogP contribution in [0.25, 0.3) is 0 Å². The highest BCUT2D eigenvalue weighted by Crippen LogP contribution is 2.24. The zero-order valence-corrected chi connectivity index (χ0v) is 8.92. The fourth-order valence-corrected chi connectivity index (χ4v) is 1.65. The van der Waals surface area contributed by atoms with Gasteiger partial charge < -0.3 is 0 Å². The Morgan fingerprint density at radius 1 is 1.38 bits per heavy atom. The molecular weight excluding hydrogens is 235 g/mol. The lowest BCUT2D eigenvalue weighted by Gasteiger charge is -2.26. The molecule has 1 aromatic rings. The third-order valence-corrected chi connectivity index (χ3v) is 2.49. The third kappa shape index (κ3) is 1.99. The van der Waals surface area contributed by atoms with Crippen LogP contribution >= 0.6 is 11.6 Å². The molecule has 1 N–H and O–H groups in total. The molecule has 1 aliphatic heterocycles. The molecule has 16 heavy (non-hydrogen) atoms. The van der Waals surface area contributed by atoms with Crippen LogP contribution in [0.2, 0.25) is 5.02 Å². The fourth-order valence-electron chi connectivity index (χ4n) is 1.49. The Kier molecular flexibility index (Phi) is 2.78. The van der Waals surface area contributed by atoms with Gasteiger partial charge in [-0.15, -0.1) is 0 Å². The summed E-state index contributed by atoms with van der Waals surface area (Å²) in [6.07, 6.45) is 0.161. The second-order valence-corrected chi connectivity index (χ2v) is 3.79. The number of hydrogen-bond acceptors (Lipinski definition) is 2. The van der Waals surface area contributed by atoms with Crippen LogP contribution < -0.4 is 10.2 Å². The van der Waals surface area contributed by atoms with E-state index in [1.807, 2.05) is 0 Å². The van der Waals surface area contributed by atoms with E-state index in [-0.39, 0.29) is 29.6 Å². The van der Waals surface area contributed by atoms with Crippen molar-refractivity contribution in [2.75, 3.05) is 11.4 Å². The van der Waals surface area contributed by atoms with E-state index in [2.05, 4.69) is 5.32 Å². The van der Waals surface area contributed by atoms with Crippen molar-refractivity contribution >= 4 is 29.2 Å². The number of urea groups is 1. The Bertz CT molecular complexity index is 464. The zero-order valence-electron chi connectivity index (χ0n) is 8.17. The van der Waals surface area contributed by atoms with Crippen molar-refractivity contribution in [1.29, 1.82) is 0 Å². The maximum absolute atomic E-state index is 13.5. The Labute approximate surface area is 96.0 Å². The van der Waals surface area contributed by atoms with Crippen LogP contribution in [0.15, 0.2) is 18.2 Å². The van der Waals surface area contributed by atoms with Crippen molar-refractivity contribution < 1.29 is 14.0 Å². The van der Waals surface area contributed by atoms with E-state index < -0.39 is 11.8 Å². The Hall–Kier alpha value is -1.62. The quantitative estimate of drug-likeness (QED) is 0.818. The summed E-state index contributed by atoms with van der Waals surface area (Å²) in [6, 6.07) is 3.41. The number of benzene rings is 1. The SMILES string of the molecule is O=C1CCN(c2ccc(Cl)cc2F)C(=O)N1. The highest BCUT2D eigenvalue weighted by atomic mass is 35.5. The molecular formula is C10H8ClFN2O2. The highest BCUT2D eigenvalue weighted by Gasteiger charge is 2.26. The molecule has 6 heteroatoms. The Morgan fingerprint density at radius 2 is 2.12 bits per heavy atom. The van der Waals surface area contributed by atoms with Crippen LogP contribution in [-0.4, -0.2) is 18.5 Å². The normalized spacial score (nSPS) is 16.2. The largest absolute Gasteiger partial charge is 0.328 e. The maximum atomic E-state index is 13.5. The van der Waals surface area contributed by atoms with Gasteiger partial charge in [0.05, 0.1) is 5.69 Å². The van der Waals surface area contributed by atoms with Crippen molar-refractivity contribution in [3.8, 4) is 0 Å². The first-order valence-electron chi connectivity index (χ1n) is 4.64. The van der Waals surface area contributed by atoms with Gasteiger partial charge >= 0.3 is 6.03 Å². The van der Waals surface area contributed by atoms with Gasteiger partial charge in [0.2, 0.25) is 5.91 Å². The number of hydrogen-bond donors (Lipinski definition) is 1. The van der Waals surface area contributed by atoms with E-state index in [0.29, 0.717) is 0 Å². The summed E-state index contributed by atoms with van der Waals surface area (Å²) in [7, 11) is 0. The van der Waals surface area contributed by atoms with Crippen LogP contribution in [0.1, 0.15) is 6.42 Å². The molecule has 0 saturated carbocycles. The molecule has 1 aliphatic rings. The van der Waals surface area contributed by atoms with Crippen LogP contribution in [0, 0.1) is 5.82 Å². The minimum atomic E-state index is -0.613. The van der Waals surface area contributed by atoms with Crippen molar-refractivity contribution in [3.05, 3.63) is 29.0 Å². The van der Waals surface area contributed by atoms with Gasteiger partial charge in [-0.05, 0) is 18.2 Å². The summed E-state index contributed by atoms with van der Waals surface area (Å²) < 4.78 is 13.5. The van der Waals surface area contributed by atoms with Crippen LogP contribution in [0.4, 0.5) is 14.9 Å². The second-order valence-electron chi connectivity index (χ2n) is 3.35. The monoisotopic (exact) mass is 242 g/mol. The molecule has 3 amide bonds. The molecule has 0 unspecified atom stereocenters. The molecule has 1 heterocycles. The minimum Gasteiger partial charge on any atom is -0.291 e. The molecule has 0 aromatic heterocycles. The molecule has 1 aromatic carbocycles. The molecule has 84 valence electrons. The van der Waals surface area contributed by atoms with Gasteiger partial charge in [-0.3, -0.25) is 15.0 Å². The number of imide groups is 1. The Balaban J connectivity index is 2.30. The average molecular weight is 243 g/mol. The molecule has 0 bridgehead atoms. The number of carbonyl (C=O) groups is 2. The molecule has 0 radical (unpaired) electrons. The minimum absolute atomic E-state index is 0.120. The number of nitrogens with zero attached hydrogens (tertiary/aromatic N) is 1. The summed E-state index contributed by atoms with van der Waals surface area (Å²) in [5.41, 5.74) is 0.120. The first-order valence-corrected chi connectivity index (χ1v) is 5.02. The Morgan fingerprint density at radius 3 is 2.75 bits per heavy atom. The fraction of sp³-hybridized carbons (Fsp3) is 0.200. The first kappa shape index (κ1) is 10.9. The number of carbonyl (C=O) groups excluding carboxylic acids is 2. The van der Waals surface area contributed by atoms with Crippen LogP contribution in [0.5, 0.6) is 0 Å². The molecule has 4 nitrogen and oxygen atoms in total. The van der Waals surface area contributed by atoms with Gasteiger partial charge in [0, 0.05) is 18.0 Å². The van der Waals surface area contributed by atoms with Gasteiger partial charge in [0.15, 0.2) is 0 Å². The van der Waals surface area contributed by atoms with Gasteiger partial charge in [-0.1, -0.05) is 11.6 Å². The van der Waals surface area contributed by atoms with Gasteiger partial charge in [-0.2, -0.15) is 0 Å². The van der Waals surface area contributed by atoms with Crippen molar-refractivity contribution in [3.63, 3.8) is 0 Å². The van der Waals surface area contributed by atoms with Crippen LogP contribution in [-0.2, 0) is 4.79 Å². The van der Waals surface area contributed by atoms with E-state index in [9.17, 15) is 14.0 Å². The average Bonchev–Trinajstić information content (AvgIpc) is 2.19. The molecule has 0 aliphatic carbocycles. The predicted molar refractivity (Wildman–Crippen MR) is 56.9 cm³/mol. The molecule has 0 spiro atoms. The van der Waals surface area contributed by atoms with E-state index in [0.717, 1.165) is 6.07 Å². The smallest absolute Gasteiger partial charge is 0.291 e. The summed E-state index contributed by atoms with van der Waals surface area (Å²) >= 11 is 5.60. The molecule has 2 rings (SSSR count). The standard InChI is InChI=1S/C10H8ClFN2O2/c11-6-1-2-8(7(12)5-6)14-4-3-9(15)13-10(14)16/h1-2,5H,3-4H2,(H,13,15,16). The summed E-state index contributed by atoms with van der Waals surface area (Å²) in [4.78, 5) is 23.5. The number of nitrogens with one attached hydrogen (secondary N) is 1. The maximum Gasteiger partial charge on any atom is 0.328 e. The van der Waals surface area contributed by atoms with Crippen molar-refractivity contribution in [1.82, 2.24) is 5.32 Å². The lowest BCUT2D eigenvalue weighted by atomic mass is 10.2. The van der Waals surface area contributed by atoms with Crippen molar-refractivity contribution in [2.24, 2.45) is 0 Å². The summed E-state index contributed by atoms with van der Waals surface area (Å²) in [5, 5.41) is 2.38. The number of anilines is 1. The highest BCUT2D eigenvalue weighted by molar-refractivity contribution is 6.30. The van der Waals surface area contributed by atoms with E-state index >= 15 is 0 Å². The zero-order chi connectivity index (χ0) is 11.7. The second kappa shape index (κ2) is 4.09. The van der Waals surface area contributed by atoms with Crippen LogP contribution in [0.3, 0.4) is 0 Å². The number of rotatable bonds is 1. The lowest BCUT2D eigenvalue weighted by Crippen LogP contribution is -2.49. The predicted octanol–water partition coefficient (Wildman–Crippen LogP) is 1.93.